The van der Waals surface area contributed by atoms with E-state index in [4.69, 9.17) is 33.2 Å². The van der Waals surface area contributed by atoms with Crippen molar-refractivity contribution in [1.82, 2.24) is 4.90 Å². The first-order valence-corrected chi connectivity index (χ1v) is 18.6. The summed E-state index contributed by atoms with van der Waals surface area (Å²) in [6.07, 6.45) is -5.34. The first kappa shape index (κ1) is 45.2. The molecule has 15 heteroatoms. The normalized spacial score (nSPS) is 42.8. The number of hydrogen-bond acceptors (Lipinski definition) is 15. The van der Waals surface area contributed by atoms with E-state index in [-0.39, 0.29) is 31.7 Å². The van der Waals surface area contributed by atoms with E-state index in [9.17, 15) is 34.8 Å². The van der Waals surface area contributed by atoms with Crippen LogP contribution in [0.2, 0.25) is 0 Å². The Balaban J connectivity index is 1.92. The standard InChI is InChI=1S/C38H63NO14/c1-10-28-25(19-49-38-36(48-9)35(47-8)33(45)23(5)51-38)15-20(2)11-12-27(42)21(3)16-24(13-14-40)29(17-26(41)18-30(43)52-28)53-37-34(46)31(39(6)7)32(44)22(4)50-37/h11-12,14-15,21-26,28-29,31-38,41,44-46H,10,13,16-19H2,1-9H3/b12-11+,20-15+/t21-,22?,23?,24+,25-,26+,28-,29-,31-,32-,33-,34+,35+,36?,37?,38-/m1/s1. The van der Waals surface area contributed by atoms with Gasteiger partial charge in [0.2, 0.25) is 0 Å². The Kier molecular flexibility index (Phi) is 18.1. The van der Waals surface area contributed by atoms with Crippen molar-refractivity contribution in [2.75, 3.05) is 34.9 Å². The maximum Gasteiger partial charge on any atom is 0.308 e. The number of allylic oxidation sites excluding steroid dienone is 3. The molecule has 0 amide bonds. The summed E-state index contributed by atoms with van der Waals surface area (Å²) in [5.41, 5.74) is 0.702. The second-order valence-electron chi connectivity index (χ2n) is 14.9. The van der Waals surface area contributed by atoms with Gasteiger partial charge in [-0.25, -0.2) is 0 Å². The van der Waals surface area contributed by atoms with Gasteiger partial charge in [0.25, 0.3) is 0 Å². The molecule has 0 bridgehead atoms. The van der Waals surface area contributed by atoms with Gasteiger partial charge in [-0.1, -0.05) is 31.6 Å². The van der Waals surface area contributed by atoms with Crippen LogP contribution >= 0.6 is 0 Å². The molecule has 4 unspecified atom stereocenters. The Labute approximate surface area is 313 Å². The highest BCUT2D eigenvalue weighted by molar-refractivity contribution is 5.91. The number of ether oxygens (including phenoxy) is 7. The number of cyclic esters (lactones) is 1. The highest BCUT2D eigenvalue weighted by Crippen LogP contribution is 2.32. The molecule has 15 nitrogen and oxygen atoms in total. The van der Waals surface area contributed by atoms with E-state index in [2.05, 4.69) is 0 Å². The quantitative estimate of drug-likeness (QED) is 0.174. The van der Waals surface area contributed by atoms with Crippen molar-refractivity contribution < 1.29 is 68.0 Å². The molecule has 3 aliphatic heterocycles. The summed E-state index contributed by atoms with van der Waals surface area (Å²) in [6, 6.07) is -0.731. The zero-order valence-electron chi connectivity index (χ0n) is 32.6. The molecule has 2 saturated heterocycles. The lowest BCUT2D eigenvalue weighted by molar-refractivity contribution is -0.304. The molecule has 0 aliphatic carbocycles. The largest absolute Gasteiger partial charge is 0.462 e. The van der Waals surface area contributed by atoms with Gasteiger partial charge in [-0.05, 0) is 59.7 Å². The molecule has 0 saturated carbocycles. The van der Waals surface area contributed by atoms with Crippen molar-refractivity contribution in [1.29, 1.82) is 0 Å². The lowest BCUT2D eigenvalue weighted by Gasteiger charge is -2.45. The summed E-state index contributed by atoms with van der Waals surface area (Å²) < 4.78 is 41.4. The number of likely N-dealkylation sites (N-methyl/N-ethyl adjacent to an activating group) is 1. The van der Waals surface area contributed by atoms with E-state index >= 15 is 0 Å². The minimum Gasteiger partial charge on any atom is -0.462 e. The number of carbonyl (C=O) groups excluding carboxylic acids is 3. The van der Waals surface area contributed by atoms with Gasteiger partial charge in [-0.2, -0.15) is 0 Å². The fourth-order valence-electron chi connectivity index (χ4n) is 7.47. The smallest absolute Gasteiger partial charge is 0.308 e. The van der Waals surface area contributed by atoms with E-state index in [1.807, 2.05) is 19.9 Å². The molecule has 0 aromatic rings. The van der Waals surface area contributed by atoms with Gasteiger partial charge in [0.15, 0.2) is 18.4 Å². The lowest BCUT2D eigenvalue weighted by Crippen LogP contribution is -2.62. The maximum absolute atomic E-state index is 13.4. The molecule has 304 valence electrons. The second kappa shape index (κ2) is 21.2. The molecule has 0 spiro atoms. The third-order valence-corrected chi connectivity index (χ3v) is 10.6. The summed E-state index contributed by atoms with van der Waals surface area (Å²) in [5.74, 6) is -2.52. The molecule has 16 atom stereocenters. The van der Waals surface area contributed by atoms with Gasteiger partial charge in [-0.3, -0.25) is 9.59 Å². The van der Waals surface area contributed by atoms with Crippen molar-refractivity contribution in [2.24, 2.45) is 17.8 Å². The van der Waals surface area contributed by atoms with Gasteiger partial charge in [-0.15, -0.1) is 0 Å². The molecule has 0 radical (unpaired) electrons. The molecule has 0 aromatic carbocycles. The number of aldehydes is 1. The molecule has 0 aromatic heterocycles. The number of nitrogens with zero attached hydrogens (tertiary/aromatic N) is 1. The summed E-state index contributed by atoms with van der Waals surface area (Å²) in [4.78, 5) is 40.4. The second-order valence-corrected chi connectivity index (χ2v) is 14.9. The van der Waals surface area contributed by atoms with Crippen LogP contribution in [0.3, 0.4) is 0 Å². The van der Waals surface area contributed by atoms with Crippen LogP contribution < -0.4 is 0 Å². The monoisotopic (exact) mass is 757 g/mol. The molecule has 3 aliphatic rings. The van der Waals surface area contributed by atoms with Crippen molar-refractivity contribution in [2.45, 2.75) is 146 Å². The fourth-order valence-corrected chi connectivity index (χ4v) is 7.47. The van der Waals surface area contributed by atoms with Crippen LogP contribution in [0.5, 0.6) is 0 Å². The van der Waals surface area contributed by atoms with Crippen LogP contribution in [0.15, 0.2) is 23.8 Å². The number of aliphatic hydroxyl groups is 4. The van der Waals surface area contributed by atoms with E-state index in [0.29, 0.717) is 18.3 Å². The third kappa shape index (κ3) is 12.2. The van der Waals surface area contributed by atoms with E-state index in [1.165, 1.54) is 20.3 Å². The first-order chi connectivity index (χ1) is 25.1. The zero-order valence-corrected chi connectivity index (χ0v) is 32.6. The number of methoxy groups -OCH3 is 2. The van der Waals surface area contributed by atoms with E-state index in [0.717, 1.165) is 0 Å². The number of esters is 1. The van der Waals surface area contributed by atoms with Gasteiger partial charge in [0, 0.05) is 38.9 Å². The van der Waals surface area contributed by atoms with Crippen LogP contribution in [0.4, 0.5) is 0 Å². The summed E-state index contributed by atoms with van der Waals surface area (Å²) in [7, 11) is 6.36. The predicted molar refractivity (Wildman–Crippen MR) is 191 cm³/mol. The van der Waals surface area contributed by atoms with Crippen LogP contribution in [0, 0.1) is 17.8 Å². The fraction of sp³-hybridized carbons (Fsp3) is 0.816. The molecule has 3 heterocycles. The number of ketones is 1. The first-order valence-electron chi connectivity index (χ1n) is 18.6. The zero-order chi connectivity index (χ0) is 39.6. The van der Waals surface area contributed by atoms with Gasteiger partial charge in [0.1, 0.15) is 36.8 Å². The number of rotatable bonds is 11. The SMILES string of the molecule is CC[C@H]1OC(=O)C[C@@H](O)C[C@@H](OC2OC(C)[C@@H](O)[C@@H](N(C)C)[C@@H]2O)[C@@H](CC=O)C[C@@H](C)C(=O)/C=C/C(C)=C/[C@@H]1CO[C@@H]1OC(C)[C@@H](O)[C@H](OC)C1OC. The number of carbonyl (C=O) groups is 3. The van der Waals surface area contributed by atoms with Crippen LogP contribution in [0.25, 0.3) is 0 Å². The molecule has 53 heavy (non-hydrogen) atoms. The van der Waals surface area contributed by atoms with Crippen LogP contribution in [-0.2, 0) is 47.5 Å². The predicted octanol–water partition coefficient (Wildman–Crippen LogP) is 1.32. The molecule has 2 fully saturated rings. The van der Waals surface area contributed by atoms with Crippen molar-refractivity contribution in [3.63, 3.8) is 0 Å². The Morgan fingerprint density at radius 3 is 2.15 bits per heavy atom. The summed E-state index contributed by atoms with van der Waals surface area (Å²) in [6.45, 7) is 8.77. The average Bonchev–Trinajstić information content (AvgIpc) is 3.10. The maximum atomic E-state index is 13.4. The molecular formula is C38H63NO14. The minimum absolute atomic E-state index is 0.0156. The average molecular weight is 758 g/mol. The topological polar surface area (TPSA) is 200 Å². The van der Waals surface area contributed by atoms with Crippen molar-refractivity contribution in [3.8, 4) is 0 Å². The lowest BCUT2D eigenvalue weighted by atomic mass is 9.84. The number of hydrogen-bond donors (Lipinski definition) is 4. The van der Waals surface area contributed by atoms with Crippen LogP contribution in [-0.4, -0.2) is 158 Å². The van der Waals surface area contributed by atoms with Crippen LogP contribution in [0.1, 0.15) is 66.7 Å². The summed E-state index contributed by atoms with van der Waals surface area (Å²) in [5, 5.41) is 43.8. The van der Waals surface area contributed by atoms with Gasteiger partial charge >= 0.3 is 5.97 Å². The number of aliphatic hydroxyl groups excluding tert-OH is 4. The Morgan fingerprint density at radius 2 is 1.55 bits per heavy atom. The Bertz CT molecular complexity index is 1230. The molecule has 3 rings (SSSR count). The molecular weight excluding hydrogens is 694 g/mol. The highest BCUT2D eigenvalue weighted by atomic mass is 16.7. The van der Waals surface area contributed by atoms with Crippen molar-refractivity contribution in [3.05, 3.63) is 23.8 Å². The highest BCUT2D eigenvalue weighted by Gasteiger charge is 2.47. The Morgan fingerprint density at radius 1 is 0.906 bits per heavy atom. The van der Waals surface area contributed by atoms with E-state index in [1.54, 1.807) is 45.8 Å². The summed E-state index contributed by atoms with van der Waals surface area (Å²) >= 11 is 0. The van der Waals surface area contributed by atoms with E-state index < -0.39 is 110 Å². The molecule has 4 N–H and O–H groups in total. The third-order valence-electron chi connectivity index (χ3n) is 10.6. The minimum atomic E-state index is -1.29. The van der Waals surface area contributed by atoms with Crippen molar-refractivity contribution >= 4 is 18.0 Å². The van der Waals surface area contributed by atoms with Gasteiger partial charge < -0.3 is 63.3 Å². The Hall–Kier alpha value is -2.15. The van der Waals surface area contributed by atoms with Gasteiger partial charge in [0.05, 0.1) is 49.6 Å².